The molecule has 2 rings (SSSR count). The zero-order valence-corrected chi connectivity index (χ0v) is 10.0. The molecule has 2 unspecified atom stereocenters. The Morgan fingerprint density at radius 3 is 2.40 bits per heavy atom. The molecule has 2 nitrogen and oxygen atoms in total. The lowest BCUT2D eigenvalue weighted by atomic mass is 9.83. The summed E-state index contributed by atoms with van der Waals surface area (Å²) in [6.45, 7) is 5.77. The van der Waals surface area contributed by atoms with Crippen LogP contribution in [-0.2, 0) is 4.79 Å². The standard InChI is InChI=1S/C13H23NO/c1-10(2)6-7-14-11-4-3-5-12(14)9-13(15)8-11/h10-12H,3-9H2,1-2H3. The first-order valence-corrected chi connectivity index (χ1v) is 6.44. The molecule has 0 aliphatic carbocycles. The zero-order chi connectivity index (χ0) is 10.8. The Hall–Kier alpha value is -0.370. The Morgan fingerprint density at radius 1 is 1.27 bits per heavy atom. The summed E-state index contributed by atoms with van der Waals surface area (Å²) >= 11 is 0. The van der Waals surface area contributed by atoms with Gasteiger partial charge in [-0.25, -0.2) is 0 Å². The van der Waals surface area contributed by atoms with Crippen molar-refractivity contribution in [3.8, 4) is 0 Å². The monoisotopic (exact) mass is 209 g/mol. The molecule has 2 fully saturated rings. The van der Waals surface area contributed by atoms with Crippen LogP contribution in [0.2, 0.25) is 0 Å². The third kappa shape index (κ3) is 2.60. The number of ketones is 1. The summed E-state index contributed by atoms with van der Waals surface area (Å²) in [5.74, 6) is 1.29. The van der Waals surface area contributed by atoms with Crippen LogP contribution in [0.3, 0.4) is 0 Å². The molecule has 0 aromatic heterocycles. The maximum atomic E-state index is 11.5. The molecule has 2 heteroatoms. The van der Waals surface area contributed by atoms with Crippen LogP contribution in [0.4, 0.5) is 0 Å². The summed E-state index contributed by atoms with van der Waals surface area (Å²) in [6, 6.07) is 1.17. The van der Waals surface area contributed by atoms with Gasteiger partial charge in [0.15, 0.2) is 0 Å². The van der Waals surface area contributed by atoms with E-state index in [1.165, 1.54) is 32.2 Å². The summed E-state index contributed by atoms with van der Waals surface area (Å²) in [5, 5.41) is 0. The maximum absolute atomic E-state index is 11.5. The lowest BCUT2D eigenvalue weighted by Gasteiger charge is -2.45. The van der Waals surface area contributed by atoms with Gasteiger partial charge in [-0.2, -0.15) is 0 Å². The van der Waals surface area contributed by atoms with Crippen LogP contribution in [0.25, 0.3) is 0 Å². The smallest absolute Gasteiger partial charge is 0.136 e. The summed E-state index contributed by atoms with van der Waals surface area (Å²) in [5.41, 5.74) is 0. The predicted octanol–water partition coefficient (Wildman–Crippen LogP) is 2.62. The van der Waals surface area contributed by atoms with Crippen LogP contribution in [0.15, 0.2) is 0 Å². The van der Waals surface area contributed by atoms with Gasteiger partial charge < -0.3 is 0 Å². The van der Waals surface area contributed by atoms with Crippen molar-refractivity contribution < 1.29 is 4.79 Å². The minimum absolute atomic E-state index is 0.505. The fourth-order valence-corrected chi connectivity index (χ4v) is 3.04. The van der Waals surface area contributed by atoms with Gasteiger partial charge in [-0.15, -0.1) is 0 Å². The molecule has 15 heavy (non-hydrogen) atoms. The molecule has 2 atom stereocenters. The summed E-state index contributed by atoms with van der Waals surface area (Å²) in [6.07, 6.45) is 6.77. The van der Waals surface area contributed by atoms with Gasteiger partial charge in [-0.3, -0.25) is 9.69 Å². The molecule has 2 aliphatic rings. The zero-order valence-electron chi connectivity index (χ0n) is 10.0. The number of carbonyl (C=O) groups is 1. The van der Waals surface area contributed by atoms with Crippen LogP contribution in [0.5, 0.6) is 0 Å². The van der Waals surface area contributed by atoms with E-state index in [4.69, 9.17) is 0 Å². The average molecular weight is 209 g/mol. The van der Waals surface area contributed by atoms with Crippen LogP contribution in [0, 0.1) is 5.92 Å². The van der Waals surface area contributed by atoms with Gasteiger partial charge >= 0.3 is 0 Å². The molecule has 0 aromatic carbocycles. The van der Waals surface area contributed by atoms with Crippen molar-refractivity contribution in [2.24, 2.45) is 5.92 Å². The molecule has 0 saturated carbocycles. The van der Waals surface area contributed by atoms with E-state index in [1.807, 2.05) is 0 Å². The molecule has 2 aliphatic heterocycles. The molecule has 2 heterocycles. The number of nitrogens with zero attached hydrogens (tertiary/aromatic N) is 1. The number of hydrogen-bond acceptors (Lipinski definition) is 2. The Morgan fingerprint density at radius 2 is 1.87 bits per heavy atom. The number of carbonyl (C=O) groups excluding carboxylic acids is 1. The molecule has 86 valence electrons. The first kappa shape index (κ1) is 11.1. The fraction of sp³-hybridized carbons (Fsp3) is 0.923. The van der Waals surface area contributed by atoms with E-state index >= 15 is 0 Å². The molecule has 2 bridgehead atoms. The van der Waals surface area contributed by atoms with E-state index in [2.05, 4.69) is 18.7 Å². The summed E-state index contributed by atoms with van der Waals surface area (Å²) < 4.78 is 0. The number of piperidine rings is 2. The van der Waals surface area contributed by atoms with Gasteiger partial charge in [0, 0.05) is 24.9 Å². The third-order valence-corrected chi connectivity index (χ3v) is 3.90. The maximum Gasteiger partial charge on any atom is 0.136 e. The van der Waals surface area contributed by atoms with Crippen molar-refractivity contribution in [1.29, 1.82) is 0 Å². The van der Waals surface area contributed by atoms with Gasteiger partial charge in [-0.1, -0.05) is 20.3 Å². The van der Waals surface area contributed by atoms with Crippen LogP contribution < -0.4 is 0 Å². The molecule has 0 amide bonds. The highest BCUT2D eigenvalue weighted by Gasteiger charge is 2.36. The van der Waals surface area contributed by atoms with Crippen molar-refractivity contribution >= 4 is 5.78 Å². The van der Waals surface area contributed by atoms with Crippen LogP contribution in [0.1, 0.15) is 52.4 Å². The fourth-order valence-electron chi connectivity index (χ4n) is 3.04. The Kier molecular flexibility index (Phi) is 3.45. The van der Waals surface area contributed by atoms with Crippen molar-refractivity contribution in [3.05, 3.63) is 0 Å². The van der Waals surface area contributed by atoms with Crippen molar-refractivity contribution in [1.82, 2.24) is 4.90 Å². The highest BCUT2D eigenvalue weighted by atomic mass is 16.1. The minimum Gasteiger partial charge on any atom is -0.300 e. The highest BCUT2D eigenvalue weighted by Crippen LogP contribution is 2.32. The number of hydrogen-bond donors (Lipinski definition) is 0. The highest BCUT2D eigenvalue weighted by molar-refractivity contribution is 5.80. The third-order valence-electron chi connectivity index (χ3n) is 3.90. The van der Waals surface area contributed by atoms with Gasteiger partial charge in [0.1, 0.15) is 5.78 Å². The van der Waals surface area contributed by atoms with Crippen LogP contribution >= 0.6 is 0 Å². The first-order chi connectivity index (χ1) is 7.16. The molecule has 0 radical (unpaired) electrons. The minimum atomic E-state index is 0.505. The van der Waals surface area contributed by atoms with E-state index in [-0.39, 0.29) is 0 Å². The summed E-state index contributed by atoms with van der Waals surface area (Å²) in [4.78, 5) is 14.2. The number of fused-ring (bicyclic) bond motifs is 2. The van der Waals surface area contributed by atoms with Crippen molar-refractivity contribution in [3.63, 3.8) is 0 Å². The van der Waals surface area contributed by atoms with E-state index < -0.39 is 0 Å². The van der Waals surface area contributed by atoms with Crippen LogP contribution in [-0.4, -0.2) is 29.3 Å². The molecule has 0 N–H and O–H groups in total. The Bertz CT molecular complexity index is 221. The largest absolute Gasteiger partial charge is 0.300 e. The second-order valence-corrected chi connectivity index (χ2v) is 5.61. The van der Waals surface area contributed by atoms with E-state index in [0.717, 1.165) is 18.8 Å². The molecular formula is C13H23NO. The normalized spacial score (nSPS) is 32.3. The summed E-state index contributed by atoms with van der Waals surface area (Å²) in [7, 11) is 0. The lowest BCUT2D eigenvalue weighted by Crippen LogP contribution is -2.52. The number of rotatable bonds is 3. The first-order valence-electron chi connectivity index (χ1n) is 6.44. The molecule has 2 saturated heterocycles. The molecular weight excluding hydrogens is 186 g/mol. The lowest BCUT2D eigenvalue weighted by molar-refractivity contribution is -0.127. The second-order valence-electron chi connectivity index (χ2n) is 5.61. The van der Waals surface area contributed by atoms with E-state index in [1.54, 1.807) is 0 Å². The van der Waals surface area contributed by atoms with E-state index in [9.17, 15) is 4.79 Å². The van der Waals surface area contributed by atoms with Gasteiger partial charge in [0.05, 0.1) is 0 Å². The average Bonchev–Trinajstić information content (AvgIpc) is 2.14. The SMILES string of the molecule is CC(C)CCN1C2CCCC1CC(=O)C2. The Balaban J connectivity index is 1.95. The van der Waals surface area contributed by atoms with Gasteiger partial charge in [-0.05, 0) is 31.7 Å². The van der Waals surface area contributed by atoms with Crippen molar-refractivity contribution in [2.45, 2.75) is 64.5 Å². The van der Waals surface area contributed by atoms with Gasteiger partial charge in [0.2, 0.25) is 0 Å². The molecule has 0 aromatic rings. The Labute approximate surface area is 93.0 Å². The number of Topliss-reactive ketones (excluding diaryl/α,β-unsaturated/α-hetero) is 1. The van der Waals surface area contributed by atoms with E-state index in [0.29, 0.717) is 17.9 Å². The second kappa shape index (κ2) is 4.65. The molecule has 0 spiro atoms. The predicted molar refractivity (Wildman–Crippen MR) is 61.8 cm³/mol. The topological polar surface area (TPSA) is 20.3 Å². The van der Waals surface area contributed by atoms with Gasteiger partial charge in [0.25, 0.3) is 0 Å². The van der Waals surface area contributed by atoms with Crippen molar-refractivity contribution in [2.75, 3.05) is 6.54 Å². The quantitative estimate of drug-likeness (QED) is 0.712.